The molecule has 2 amide bonds. The van der Waals surface area contributed by atoms with Gasteiger partial charge in [-0.2, -0.15) is 0 Å². The summed E-state index contributed by atoms with van der Waals surface area (Å²) in [6.07, 6.45) is 6.19. The summed E-state index contributed by atoms with van der Waals surface area (Å²) in [5.41, 5.74) is 0. The lowest BCUT2D eigenvalue weighted by atomic mass is 9.79. The molecule has 104 valence electrons. The molecule has 1 rings (SSSR count). The van der Waals surface area contributed by atoms with Crippen LogP contribution in [0.15, 0.2) is 0 Å². The number of carbonyl (C=O) groups is 2. The third-order valence-corrected chi connectivity index (χ3v) is 3.71. The van der Waals surface area contributed by atoms with Crippen LogP contribution in [-0.4, -0.2) is 30.2 Å². The second-order valence-electron chi connectivity index (χ2n) is 5.14. The molecule has 2 atom stereocenters. The van der Waals surface area contributed by atoms with E-state index in [1.165, 1.54) is 25.7 Å². The molecule has 2 unspecified atom stereocenters. The number of carboxylic acid groups (broad SMARTS) is 1. The zero-order chi connectivity index (χ0) is 13.4. The van der Waals surface area contributed by atoms with E-state index < -0.39 is 5.97 Å². The van der Waals surface area contributed by atoms with Gasteiger partial charge in [-0.1, -0.05) is 32.6 Å². The smallest absolute Gasteiger partial charge is 0.314 e. The van der Waals surface area contributed by atoms with E-state index in [2.05, 4.69) is 17.6 Å². The molecule has 0 aromatic carbocycles. The maximum Gasteiger partial charge on any atom is 0.314 e. The number of urea groups is 1. The van der Waals surface area contributed by atoms with Gasteiger partial charge in [0.1, 0.15) is 0 Å². The van der Waals surface area contributed by atoms with Crippen molar-refractivity contribution in [2.45, 2.75) is 45.4 Å². The van der Waals surface area contributed by atoms with E-state index in [-0.39, 0.29) is 19.0 Å². The standard InChI is InChI=1S/C13H24N2O3/c1-10-4-2-3-5-11(10)6-8-14-13(18)15-9-7-12(16)17/h10-11H,2-9H2,1H3,(H,16,17)(H2,14,15,18). The van der Waals surface area contributed by atoms with Crippen LogP contribution in [0, 0.1) is 11.8 Å². The molecule has 1 aliphatic rings. The highest BCUT2D eigenvalue weighted by atomic mass is 16.4. The van der Waals surface area contributed by atoms with E-state index in [1.54, 1.807) is 0 Å². The monoisotopic (exact) mass is 256 g/mol. The summed E-state index contributed by atoms with van der Waals surface area (Å²) in [5, 5.41) is 13.7. The summed E-state index contributed by atoms with van der Waals surface area (Å²) in [7, 11) is 0. The number of hydrogen-bond acceptors (Lipinski definition) is 2. The molecule has 0 saturated heterocycles. The largest absolute Gasteiger partial charge is 0.481 e. The molecule has 1 fully saturated rings. The van der Waals surface area contributed by atoms with Gasteiger partial charge < -0.3 is 15.7 Å². The molecule has 5 heteroatoms. The number of carbonyl (C=O) groups excluding carboxylic acids is 1. The first-order chi connectivity index (χ1) is 8.59. The molecule has 0 bridgehead atoms. The van der Waals surface area contributed by atoms with Crippen LogP contribution in [0.2, 0.25) is 0 Å². The first-order valence-electron chi connectivity index (χ1n) is 6.83. The SMILES string of the molecule is CC1CCCCC1CCNC(=O)NCCC(=O)O. The Labute approximate surface area is 108 Å². The summed E-state index contributed by atoms with van der Waals surface area (Å²) < 4.78 is 0. The lowest BCUT2D eigenvalue weighted by Gasteiger charge is -2.28. The zero-order valence-electron chi connectivity index (χ0n) is 11.1. The summed E-state index contributed by atoms with van der Waals surface area (Å²) in [4.78, 5) is 21.6. The van der Waals surface area contributed by atoms with Gasteiger partial charge >= 0.3 is 12.0 Å². The van der Waals surface area contributed by atoms with Gasteiger partial charge in [-0.25, -0.2) is 4.79 Å². The molecule has 0 aliphatic heterocycles. The first-order valence-corrected chi connectivity index (χ1v) is 6.83. The van der Waals surface area contributed by atoms with Crippen LogP contribution < -0.4 is 10.6 Å². The number of hydrogen-bond donors (Lipinski definition) is 3. The molecular weight excluding hydrogens is 232 g/mol. The van der Waals surface area contributed by atoms with Crippen molar-refractivity contribution in [3.8, 4) is 0 Å². The lowest BCUT2D eigenvalue weighted by molar-refractivity contribution is -0.136. The highest BCUT2D eigenvalue weighted by molar-refractivity contribution is 5.74. The highest BCUT2D eigenvalue weighted by Gasteiger charge is 2.20. The van der Waals surface area contributed by atoms with Gasteiger partial charge in [0.25, 0.3) is 0 Å². The Morgan fingerprint density at radius 3 is 2.50 bits per heavy atom. The summed E-state index contributed by atoms with van der Waals surface area (Å²) in [6, 6.07) is -0.264. The Balaban J connectivity index is 2.05. The quantitative estimate of drug-likeness (QED) is 0.680. The van der Waals surface area contributed by atoms with Crippen LogP contribution in [-0.2, 0) is 4.79 Å². The Hall–Kier alpha value is -1.26. The predicted octanol–water partition coefficient (Wildman–Crippen LogP) is 1.98. The molecule has 5 nitrogen and oxygen atoms in total. The van der Waals surface area contributed by atoms with E-state index in [0.717, 1.165) is 18.3 Å². The molecule has 0 spiro atoms. The van der Waals surface area contributed by atoms with Crippen molar-refractivity contribution in [1.29, 1.82) is 0 Å². The van der Waals surface area contributed by atoms with Crippen LogP contribution in [0.5, 0.6) is 0 Å². The lowest BCUT2D eigenvalue weighted by Crippen LogP contribution is -2.38. The van der Waals surface area contributed by atoms with Crippen molar-refractivity contribution >= 4 is 12.0 Å². The molecule has 0 aromatic rings. The minimum atomic E-state index is -0.897. The van der Waals surface area contributed by atoms with Gasteiger partial charge in [-0.15, -0.1) is 0 Å². The fraction of sp³-hybridized carbons (Fsp3) is 0.846. The van der Waals surface area contributed by atoms with Crippen LogP contribution in [0.1, 0.15) is 45.4 Å². The van der Waals surface area contributed by atoms with Gasteiger partial charge in [0.15, 0.2) is 0 Å². The normalized spacial score (nSPS) is 23.4. The van der Waals surface area contributed by atoms with Crippen molar-refractivity contribution in [2.24, 2.45) is 11.8 Å². The van der Waals surface area contributed by atoms with Crippen molar-refractivity contribution in [3.05, 3.63) is 0 Å². The maximum atomic E-state index is 11.3. The van der Waals surface area contributed by atoms with E-state index >= 15 is 0 Å². The van der Waals surface area contributed by atoms with Gasteiger partial charge in [0, 0.05) is 13.1 Å². The second-order valence-corrected chi connectivity index (χ2v) is 5.14. The average Bonchev–Trinajstić information content (AvgIpc) is 2.31. The van der Waals surface area contributed by atoms with Crippen molar-refractivity contribution < 1.29 is 14.7 Å². The Morgan fingerprint density at radius 1 is 1.17 bits per heavy atom. The third-order valence-electron chi connectivity index (χ3n) is 3.71. The minimum Gasteiger partial charge on any atom is -0.481 e. The van der Waals surface area contributed by atoms with Crippen LogP contribution in [0.4, 0.5) is 4.79 Å². The van der Waals surface area contributed by atoms with Crippen LogP contribution in [0.3, 0.4) is 0 Å². The van der Waals surface area contributed by atoms with E-state index in [4.69, 9.17) is 5.11 Å². The molecular formula is C13H24N2O3. The topological polar surface area (TPSA) is 78.4 Å². The van der Waals surface area contributed by atoms with Gasteiger partial charge in [-0.05, 0) is 18.3 Å². The summed E-state index contributed by atoms with van der Waals surface area (Å²) in [6.45, 7) is 3.14. The van der Waals surface area contributed by atoms with Gasteiger partial charge in [0.2, 0.25) is 0 Å². The van der Waals surface area contributed by atoms with Gasteiger partial charge in [-0.3, -0.25) is 4.79 Å². The molecule has 18 heavy (non-hydrogen) atoms. The van der Waals surface area contributed by atoms with Crippen molar-refractivity contribution in [1.82, 2.24) is 10.6 Å². The number of carboxylic acids is 1. The van der Waals surface area contributed by atoms with E-state index in [1.807, 2.05) is 0 Å². The second kappa shape index (κ2) is 7.95. The fourth-order valence-electron chi connectivity index (χ4n) is 2.54. The van der Waals surface area contributed by atoms with Gasteiger partial charge in [0.05, 0.1) is 6.42 Å². The minimum absolute atomic E-state index is 0.0346. The Kier molecular flexibility index (Phi) is 6.54. The number of rotatable bonds is 6. The highest BCUT2D eigenvalue weighted by Crippen LogP contribution is 2.31. The van der Waals surface area contributed by atoms with Crippen molar-refractivity contribution in [3.63, 3.8) is 0 Å². The number of amides is 2. The summed E-state index contributed by atoms with van der Waals surface area (Å²) in [5.74, 6) is 0.583. The molecule has 3 N–H and O–H groups in total. The van der Waals surface area contributed by atoms with Crippen molar-refractivity contribution in [2.75, 3.05) is 13.1 Å². The van der Waals surface area contributed by atoms with Crippen LogP contribution >= 0.6 is 0 Å². The third kappa shape index (κ3) is 5.89. The average molecular weight is 256 g/mol. The number of nitrogens with one attached hydrogen (secondary N) is 2. The molecule has 0 radical (unpaired) electrons. The van der Waals surface area contributed by atoms with E-state index in [9.17, 15) is 9.59 Å². The Bertz CT molecular complexity index is 281. The Morgan fingerprint density at radius 2 is 1.83 bits per heavy atom. The zero-order valence-corrected chi connectivity index (χ0v) is 11.1. The fourth-order valence-corrected chi connectivity index (χ4v) is 2.54. The summed E-state index contributed by atoms with van der Waals surface area (Å²) >= 11 is 0. The van der Waals surface area contributed by atoms with Crippen LogP contribution in [0.25, 0.3) is 0 Å². The molecule has 0 aromatic heterocycles. The first kappa shape index (κ1) is 14.8. The predicted molar refractivity (Wildman–Crippen MR) is 69.4 cm³/mol. The van der Waals surface area contributed by atoms with E-state index in [0.29, 0.717) is 6.54 Å². The molecule has 1 aliphatic carbocycles. The molecule has 0 heterocycles. The maximum absolute atomic E-state index is 11.3. The number of aliphatic carboxylic acids is 1. The molecule has 1 saturated carbocycles.